The highest BCUT2D eigenvalue weighted by Gasteiger charge is 2.25. The van der Waals surface area contributed by atoms with E-state index in [2.05, 4.69) is 15.8 Å². The number of halogens is 1. The van der Waals surface area contributed by atoms with Gasteiger partial charge in [0.05, 0.1) is 10.7 Å². The van der Waals surface area contributed by atoms with Gasteiger partial charge in [0.15, 0.2) is 10.9 Å². The van der Waals surface area contributed by atoms with Gasteiger partial charge in [-0.05, 0) is 29.9 Å². The summed E-state index contributed by atoms with van der Waals surface area (Å²) in [6.45, 7) is 0. The van der Waals surface area contributed by atoms with Crippen LogP contribution >= 0.6 is 23.8 Å². The van der Waals surface area contributed by atoms with Crippen LogP contribution in [0.3, 0.4) is 0 Å². The molecule has 1 aliphatic rings. The summed E-state index contributed by atoms with van der Waals surface area (Å²) in [4.78, 5) is 12.0. The van der Waals surface area contributed by atoms with Gasteiger partial charge in [-0.2, -0.15) is 5.10 Å². The second-order valence-electron chi connectivity index (χ2n) is 4.76. The summed E-state index contributed by atoms with van der Waals surface area (Å²) in [6, 6.07) is 14.8. The van der Waals surface area contributed by atoms with Crippen LogP contribution in [0, 0.1) is 0 Å². The number of anilines is 1. The molecule has 2 aromatic carbocycles. The summed E-state index contributed by atoms with van der Waals surface area (Å²) in [6.07, 6.45) is 0.376. The number of nitrogens with zero attached hydrogens (tertiary/aromatic N) is 1. The lowest BCUT2D eigenvalue weighted by atomic mass is 10.1. The van der Waals surface area contributed by atoms with E-state index >= 15 is 0 Å². The molecular formula is C16H12ClN3OS. The highest BCUT2D eigenvalue weighted by molar-refractivity contribution is 7.80. The Hall–Kier alpha value is -2.24. The zero-order valence-corrected chi connectivity index (χ0v) is 13.0. The average molecular weight is 330 g/mol. The summed E-state index contributed by atoms with van der Waals surface area (Å²) in [5, 5.41) is 7.92. The molecule has 0 aromatic heterocycles. The number of nitrogens with one attached hydrogen (secondary N) is 2. The average Bonchev–Trinajstić information content (AvgIpc) is 2.83. The molecule has 0 unspecified atom stereocenters. The van der Waals surface area contributed by atoms with Crippen molar-refractivity contribution in [1.29, 1.82) is 0 Å². The maximum absolute atomic E-state index is 12.0. The lowest BCUT2D eigenvalue weighted by Crippen LogP contribution is -2.26. The van der Waals surface area contributed by atoms with Gasteiger partial charge in [-0.25, -0.2) is 0 Å². The van der Waals surface area contributed by atoms with Crippen LogP contribution in [0.4, 0.5) is 5.69 Å². The molecule has 0 atom stereocenters. The first-order valence-electron chi connectivity index (χ1n) is 6.66. The van der Waals surface area contributed by atoms with Crippen molar-refractivity contribution in [3.05, 3.63) is 64.7 Å². The van der Waals surface area contributed by atoms with Crippen molar-refractivity contribution in [2.45, 2.75) is 6.42 Å². The lowest BCUT2D eigenvalue weighted by Gasteiger charge is -2.09. The fraction of sp³-hybridized carbons (Fsp3) is 0.0625. The van der Waals surface area contributed by atoms with Gasteiger partial charge >= 0.3 is 0 Å². The number of benzene rings is 2. The largest absolute Gasteiger partial charge is 0.330 e. The van der Waals surface area contributed by atoms with Crippen LogP contribution in [-0.4, -0.2) is 16.6 Å². The second-order valence-corrected chi connectivity index (χ2v) is 5.58. The van der Waals surface area contributed by atoms with Crippen molar-refractivity contribution in [1.82, 2.24) is 5.43 Å². The lowest BCUT2D eigenvalue weighted by molar-refractivity contribution is -0.112. The van der Waals surface area contributed by atoms with E-state index in [0.717, 1.165) is 11.1 Å². The molecule has 3 rings (SSSR count). The number of Topliss-reactive ketones (excluding diaryl/α,β-unsaturated/α-hetero) is 1. The van der Waals surface area contributed by atoms with Gasteiger partial charge in [0.25, 0.3) is 0 Å². The smallest absolute Gasteiger partial charge is 0.191 e. The van der Waals surface area contributed by atoms with Crippen LogP contribution in [0.25, 0.3) is 0 Å². The fourth-order valence-corrected chi connectivity index (χ4v) is 2.59. The summed E-state index contributed by atoms with van der Waals surface area (Å²) in [5.41, 5.74) is 5.61. The third-order valence-corrected chi connectivity index (χ3v) is 3.80. The molecule has 0 fully saturated rings. The van der Waals surface area contributed by atoms with Crippen LogP contribution in [0.1, 0.15) is 11.1 Å². The van der Waals surface area contributed by atoms with Gasteiger partial charge in [0.2, 0.25) is 0 Å². The maximum atomic E-state index is 12.0. The standard InChI is InChI=1S/C16H12ClN3OS/c17-12-7-3-4-8-13(12)18-16(22)20-19-15-11-6-2-1-5-10(11)9-14(15)21/h1-8H,9H2,(H2,18,20,22)/b19-15-. The Balaban J connectivity index is 1.73. The number of carbonyl (C=O) groups is 1. The Morgan fingerprint density at radius 2 is 1.86 bits per heavy atom. The summed E-state index contributed by atoms with van der Waals surface area (Å²) >= 11 is 11.2. The molecular weight excluding hydrogens is 318 g/mol. The number of thiocarbonyl (C=S) groups is 1. The van der Waals surface area contributed by atoms with Crippen LogP contribution in [0.5, 0.6) is 0 Å². The number of hydrazone groups is 1. The van der Waals surface area contributed by atoms with E-state index in [-0.39, 0.29) is 10.9 Å². The summed E-state index contributed by atoms with van der Waals surface area (Å²) in [7, 11) is 0. The fourth-order valence-electron chi connectivity index (χ4n) is 2.25. The molecule has 0 spiro atoms. The molecule has 2 aromatic rings. The Morgan fingerprint density at radius 3 is 2.68 bits per heavy atom. The molecule has 0 saturated carbocycles. The van der Waals surface area contributed by atoms with E-state index in [9.17, 15) is 4.79 Å². The predicted octanol–water partition coefficient (Wildman–Crippen LogP) is 3.16. The van der Waals surface area contributed by atoms with Crippen molar-refractivity contribution in [3.8, 4) is 0 Å². The Labute approximate surface area is 138 Å². The number of fused-ring (bicyclic) bond motifs is 1. The molecule has 4 nitrogen and oxygen atoms in total. The molecule has 0 aliphatic heterocycles. The van der Waals surface area contributed by atoms with Crippen molar-refractivity contribution >= 4 is 46.1 Å². The molecule has 0 bridgehead atoms. The number of para-hydroxylation sites is 1. The van der Waals surface area contributed by atoms with E-state index in [1.807, 2.05) is 36.4 Å². The molecule has 0 saturated heterocycles. The van der Waals surface area contributed by atoms with Gasteiger partial charge in [-0.1, -0.05) is 48.0 Å². The first-order valence-corrected chi connectivity index (χ1v) is 7.44. The first kappa shape index (κ1) is 14.7. The highest BCUT2D eigenvalue weighted by Crippen LogP contribution is 2.21. The molecule has 2 N–H and O–H groups in total. The van der Waals surface area contributed by atoms with Gasteiger partial charge in [-0.3, -0.25) is 10.2 Å². The minimum absolute atomic E-state index is 0.0192. The molecule has 0 heterocycles. The van der Waals surface area contributed by atoms with Crippen LogP contribution in [0.2, 0.25) is 5.02 Å². The monoisotopic (exact) mass is 329 g/mol. The van der Waals surface area contributed by atoms with Crippen molar-refractivity contribution in [2.24, 2.45) is 5.10 Å². The Kier molecular flexibility index (Phi) is 4.18. The molecule has 0 radical (unpaired) electrons. The number of rotatable bonds is 2. The van der Waals surface area contributed by atoms with Crippen LogP contribution in [0.15, 0.2) is 53.6 Å². The third kappa shape index (κ3) is 3.00. The molecule has 0 amide bonds. The van der Waals surface area contributed by atoms with E-state index in [4.69, 9.17) is 23.8 Å². The Morgan fingerprint density at radius 1 is 1.14 bits per heavy atom. The van der Waals surface area contributed by atoms with Crippen LogP contribution in [-0.2, 0) is 11.2 Å². The van der Waals surface area contributed by atoms with Crippen molar-refractivity contribution in [2.75, 3.05) is 5.32 Å². The van der Waals surface area contributed by atoms with E-state index in [1.54, 1.807) is 12.1 Å². The number of hydrogen-bond donors (Lipinski definition) is 2. The van der Waals surface area contributed by atoms with Gasteiger partial charge in [-0.15, -0.1) is 0 Å². The highest BCUT2D eigenvalue weighted by atomic mass is 35.5. The van der Waals surface area contributed by atoms with Crippen molar-refractivity contribution in [3.63, 3.8) is 0 Å². The molecule has 6 heteroatoms. The second kappa shape index (κ2) is 6.25. The topological polar surface area (TPSA) is 53.5 Å². The van der Waals surface area contributed by atoms with E-state index in [0.29, 0.717) is 22.8 Å². The van der Waals surface area contributed by atoms with E-state index in [1.165, 1.54) is 0 Å². The zero-order valence-electron chi connectivity index (χ0n) is 11.5. The van der Waals surface area contributed by atoms with Gasteiger partial charge in [0.1, 0.15) is 5.71 Å². The molecule has 110 valence electrons. The normalized spacial score (nSPS) is 14.8. The summed E-state index contributed by atoms with van der Waals surface area (Å²) < 4.78 is 0. The third-order valence-electron chi connectivity index (χ3n) is 3.28. The minimum atomic E-state index is -0.0192. The van der Waals surface area contributed by atoms with Crippen LogP contribution < -0.4 is 10.7 Å². The first-order chi connectivity index (χ1) is 10.6. The number of carbonyl (C=O) groups excluding carboxylic acids is 1. The number of hydrogen-bond acceptors (Lipinski definition) is 3. The minimum Gasteiger partial charge on any atom is -0.330 e. The number of ketones is 1. The van der Waals surface area contributed by atoms with Gasteiger partial charge in [0, 0.05) is 12.0 Å². The van der Waals surface area contributed by atoms with Gasteiger partial charge < -0.3 is 5.32 Å². The zero-order chi connectivity index (χ0) is 15.5. The predicted molar refractivity (Wildman–Crippen MR) is 92.5 cm³/mol. The molecule has 1 aliphatic carbocycles. The van der Waals surface area contributed by atoms with E-state index < -0.39 is 0 Å². The maximum Gasteiger partial charge on any atom is 0.191 e. The Bertz CT molecular complexity index is 788. The van der Waals surface area contributed by atoms with Crippen molar-refractivity contribution < 1.29 is 4.79 Å². The quantitative estimate of drug-likeness (QED) is 0.656. The summed E-state index contributed by atoms with van der Waals surface area (Å²) in [5.74, 6) is -0.0192. The molecule has 22 heavy (non-hydrogen) atoms. The SMILES string of the molecule is O=C1Cc2ccccc2/C1=N/NC(=S)Nc1ccccc1Cl.